The van der Waals surface area contributed by atoms with E-state index in [0.29, 0.717) is 0 Å². The van der Waals surface area contributed by atoms with Gasteiger partial charge in [0.05, 0.1) is 11.0 Å². The Balaban J connectivity index is 2.31. The summed E-state index contributed by atoms with van der Waals surface area (Å²) < 4.78 is 0. The Morgan fingerprint density at radius 3 is 2.88 bits per heavy atom. The lowest BCUT2D eigenvalue weighted by atomic mass is 9.84. The van der Waals surface area contributed by atoms with E-state index >= 15 is 0 Å². The Hall–Kier alpha value is -1.31. The van der Waals surface area contributed by atoms with Crippen LogP contribution in [0.3, 0.4) is 0 Å². The van der Waals surface area contributed by atoms with E-state index in [9.17, 15) is 0 Å². The fourth-order valence-corrected chi connectivity index (χ4v) is 2.07. The molecule has 0 radical (unpaired) electrons. The highest BCUT2D eigenvalue weighted by molar-refractivity contribution is 5.76. The van der Waals surface area contributed by atoms with E-state index in [1.807, 2.05) is 12.3 Å². The van der Waals surface area contributed by atoms with E-state index < -0.39 is 0 Å². The molecule has 1 N–H and O–H groups in total. The number of unbranched alkanes of at least 4 members (excludes halogenated alkanes) is 1. The van der Waals surface area contributed by atoms with Gasteiger partial charge in [0.2, 0.25) is 0 Å². The lowest BCUT2D eigenvalue weighted by Gasteiger charge is -2.22. The number of pyridine rings is 1. The molecule has 2 heteroatoms. The summed E-state index contributed by atoms with van der Waals surface area (Å²) in [5.74, 6) is 0. The number of H-pyrrole nitrogens is 1. The highest BCUT2D eigenvalue weighted by Crippen LogP contribution is 2.30. The molecule has 0 spiro atoms. The molecule has 0 saturated carbocycles. The van der Waals surface area contributed by atoms with Crippen molar-refractivity contribution in [2.24, 2.45) is 0 Å². The van der Waals surface area contributed by atoms with Crippen molar-refractivity contribution in [2.45, 2.75) is 45.4 Å². The second-order valence-electron chi connectivity index (χ2n) is 5.11. The van der Waals surface area contributed by atoms with Crippen molar-refractivity contribution < 1.29 is 0 Å². The fraction of sp³-hybridized carbons (Fsp3) is 0.500. The molecule has 0 aliphatic carbocycles. The molecule has 2 rings (SSSR count). The molecule has 0 atom stereocenters. The van der Waals surface area contributed by atoms with Crippen molar-refractivity contribution >= 4 is 11.0 Å². The zero-order valence-electron chi connectivity index (χ0n) is 10.4. The van der Waals surface area contributed by atoms with E-state index in [1.54, 1.807) is 0 Å². The molecule has 0 bridgehead atoms. The average molecular weight is 216 g/mol. The number of nitrogens with zero attached hydrogens (tertiary/aromatic N) is 1. The fourth-order valence-electron chi connectivity index (χ4n) is 2.07. The summed E-state index contributed by atoms with van der Waals surface area (Å²) >= 11 is 0. The average Bonchev–Trinajstić information content (AvgIpc) is 2.71. The first-order chi connectivity index (χ1) is 7.63. The van der Waals surface area contributed by atoms with Crippen molar-refractivity contribution in [1.29, 1.82) is 0 Å². The lowest BCUT2D eigenvalue weighted by Crippen LogP contribution is -2.17. The van der Waals surface area contributed by atoms with Gasteiger partial charge in [-0.1, -0.05) is 33.6 Å². The van der Waals surface area contributed by atoms with Gasteiger partial charge in [0.15, 0.2) is 0 Å². The zero-order chi connectivity index (χ0) is 11.6. The number of hydrogen-bond acceptors (Lipinski definition) is 1. The first-order valence-electron chi connectivity index (χ1n) is 6.08. The van der Waals surface area contributed by atoms with Gasteiger partial charge in [-0.25, -0.2) is 0 Å². The number of aromatic amines is 1. The normalized spacial score (nSPS) is 12.2. The van der Waals surface area contributed by atoms with Crippen LogP contribution in [0, 0.1) is 0 Å². The molecule has 2 aromatic heterocycles. The predicted octanol–water partition coefficient (Wildman–Crippen LogP) is 4.03. The van der Waals surface area contributed by atoms with Gasteiger partial charge in [0.25, 0.3) is 0 Å². The van der Waals surface area contributed by atoms with Crippen LogP contribution in [0.2, 0.25) is 0 Å². The number of aromatic nitrogens is 2. The maximum absolute atomic E-state index is 4.36. The monoisotopic (exact) mass is 216 g/mol. The first-order valence-corrected chi connectivity index (χ1v) is 6.08. The van der Waals surface area contributed by atoms with E-state index in [0.717, 1.165) is 11.0 Å². The Morgan fingerprint density at radius 2 is 2.19 bits per heavy atom. The van der Waals surface area contributed by atoms with E-state index in [2.05, 4.69) is 42.9 Å². The maximum Gasteiger partial charge on any atom is 0.0881 e. The highest BCUT2D eigenvalue weighted by atomic mass is 14.8. The quantitative estimate of drug-likeness (QED) is 0.821. The molecule has 0 amide bonds. The molecule has 2 heterocycles. The molecular weight excluding hydrogens is 196 g/mol. The molecule has 0 aliphatic rings. The van der Waals surface area contributed by atoms with Crippen molar-refractivity contribution in [3.63, 3.8) is 0 Å². The number of fused-ring (bicyclic) bond motifs is 1. The summed E-state index contributed by atoms with van der Waals surface area (Å²) in [6.45, 7) is 6.84. The van der Waals surface area contributed by atoms with Crippen LogP contribution in [0.4, 0.5) is 0 Å². The second-order valence-corrected chi connectivity index (χ2v) is 5.11. The number of rotatable bonds is 4. The minimum atomic E-state index is 0.219. The third-order valence-electron chi connectivity index (χ3n) is 3.27. The van der Waals surface area contributed by atoms with Crippen molar-refractivity contribution in [3.05, 3.63) is 30.1 Å². The Kier molecular flexibility index (Phi) is 2.99. The van der Waals surface area contributed by atoms with Crippen molar-refractivity contribution in [2.75, 3.05) is 0 Å². The van der Waals surface area contributed by atoms with Gasteiger partial charge in [-0.2, -0.15) is 0 Å². The maximum atomic E-state index is 4.36. The van der Waals surface area contributed by atoms with Crippen molar-refractivity contribution in [3.8, 4) is 0 Å². The third kappa shape index (κ3) is 2.11. The summed E-state index contributed by atoms with van der Waals surface area (Å²) in [6.07, 6.45) is 5.59. The molecule has 16 heavy (non-hydrogen) atoms. The van der Waals surface area contributed by atoms with Gasteiger partial charge < -0.3 is 4.98 Å². The van der Waals surface area contributed by atoms with Gasteiger partial charge in [0.1, 0.15) is 0 Å². The van der Waals surface area contributed by atoms with Crippen LogP contribution in [0.5, 0.6) is 0 Å². The highest BCUT2D eigenvalue weighted by Gasteiger charge is 2.21. The topological polar surface area (TPSA) is 28.7 Å². The molecule has 0 unspecified atom stereocenters. The van der Waals surface area contributed by atoms with Crippen LogP contribution >= 0.6 is 0 Å². The van der Waals surface area contributed by atoms with Gasteiger partial charge >= 0.3 is 0 Å². The minimum Gasteiger partial charge on any atom is -0.357 e. The number of nitrogens with one attached hydrogen (secondary N) is 1. The largest absolute Gasteiger partial charge is 0.357 e. The smallest absolute Gasteiger partial charge is 0.0881 e. The Morgan fingerprint density at radius 1 is 1.38 bits per heavy atom. The van der Waals surface area contributed by atoms with E-state index in [-0.39, 0.29) is 5.41 Å². The summed E-state index contributed by atoms with van der Waals surface area (Å²) in [4.78, 5) is 7.85. The van der Waals surface area contributed by atoms with Crippen LogP contribution in [-0.4, -0.2) is 9.97 Å². The van der Waals surface area contributed by atoms with Crippen LogP contribution in [0.25, 0.3) is 11.0 Å². The third-order valence-corrected chi connectivity index (χ3v) is 3.27. The predicted molar refractivity (Wildman–Crippen MR) is 68.6 cm³/mol. The molecule has 0 fully saturated rings. The zero-order valence-corrected chi connectivity index (χ0v) is 10.4. The van der Waals surface area contributed by atoms with Gasteiger partial charge in [-0.05, 0) is 24.6 Å². The van der Waals surface area contributed by atoms with E-state index in [1.165, 1.54) is 25.0 Å². The molecule has 2 aromatic rings. The lowest BCUT2D eigenvalue weighted by molar-refractivity contribution is 0.448. The molecule has 0 aliphatic heterocycles. The Labute approximate surface area is 97.1 Å². The first kappa shape index (κ1) is 11.2. The Bertz CT molecular complexity index is 435. The van der Waals surface area contributed by atoms with Crippen LogP contribution in [0.1, 0.15) is 45.7 Å². The molecule has 2 nitrogen and oxygen atoms in total. The summed E-state index contributed by atoms with van der Waals surface area (Å²) in [6, 6.07) is 6.24. The van der Waals surface area contributed by atoms with Crippen LogP contribution < -0.4 is 0 Å². The minimum absolute atomic E-state index is 0.219. The molecule has 86 valence electrons. The van der Waals surface area contributed by atoms with Gasteiger partial charge in [0, 0.05) is 17.3 Å². The van der Waals surface area contributed by atoms with Crippen molar-refractivity contribution in [1.82, 2.24) is 9.97 Å². The second kappa shape index (κ2) is 4.28. The number of hydrogen-bond donors (Lipinski definition) is 1. The standard InChI is InChI=1S/C14H20N2/c1-4-5-8-14(2,3)13-10-12-11(16-13)7-6-9-15-12/h6-7,9-10,16H,4-5,8H2,1-3H3. The molecule has 0 saturated heterocycles. The SMILES string of the molecule is CCCCC(C)(C)c1cc2ncccc2[nH]1. The van der Waals surface area contributed by atoms with Gasteiger partial charge in [-0.15, -0.1) is 0 Å². The van der Waals surface area contributed by atoms with Gasteiger partial charge in [-0.3, -0.25) is 4.98 Å². The summed E-state index contributed by atoms with van der Waals surface area (Å²) in [5.41, 5.74) is 3.73. The summed E-state index contributed by atoms with van der Waals surface area (Å²) in [7, 11) is 0. The van der Waals surface area contributed by atoms with Crippen LogP contribution in [-0.2, 0) is 5.41 Å². The molecule has 0 aromatic carbocycles. The van der Waals surface area contributed by atoms with E-state index in [4.69, 9.17) is 0 Å². The van der Waals surface area contributed by atoms with Crippen LogP contribution in [0.15, 0.2) is 24.4 Å². The molecular formula is C14H20N2. The summed E-state index contributed by atoms with van der Waals surface area (Å²) in [5, 5.41) is 0.